The molecule has 1 aromatic rings. The van der Waals surface area contributed by atoms with Crippen LogP contribution in [-0.4, -0.2) is 62.9 Å². The van der Waals surface area contributed by atoms with Crippen molar-refractivity contribution in [3.05, 3.63) is 18.2 Å². The number of piperazine rings is 1. The van der Waals surface area contributed by atoms with E-state index in [4.69, 9.17) is 9.47 Å². The summed E-state index contributed by atoms with van der Waals surface area (Å²) in [6.45, 7) is 7.05. The summed E-state index contributed by atoms with van der Waals surface area (Å²) < 4.78 is 10.7. The molecule has 1 saturated heterocycles. The first-order valence-electron chi connectivity index (χ1n) is 6.86. The lowest BCUT2D eigenvalue weighted by molar-refractivity contribution is 0.158. The van der Waals surface area contributed by atoms with Crippen molar-refractivity contribution < 1.29 is 9.47 Å². The second kappa shape index (κ2) is 5.67. The molecule has 0 spiro atoms. The Bertz CT molecular complexity index is 431. The minimum absolute atomic E-state index is 0.333. The maximum absolute atomic E-state index is 5.37. The Hall–Kier alpha value is -1.46. The van der Waals surface area contributed by atoms with Crippen molar-refractivity contribution in [2.45, 2.75) is 0 Å². The van der Waals surface area contributed by atoms with E-state index in [2.05, 4.69) is 22.2 Å². The van der Waals surface area contributed by atoms with E-state index in [9.17, 15) is 0 Å². The number of hydrogen-bond donors (Lipinski definition) is 1. The first-order valence-corrected chi connectivity index (χ1v) is 6.86. The Balaban J connectivity index is 1.45. The van der Waals surface area contributed by atoms with E-state index in [1.165, 1.54) is 26.2 Å². The lowest BCUT2D eigenvalue weighted by Gasteiger charge is -2.32. The second-order valence-electron chi connectivity index (χ2n) is 5.14. The number of rotatable bonds is 4. The molecule has 2 heterocycles. The van der Waals surface area contributed by atoms with Crippen molar-refractivity contribution in [1.82, 2.24) is 9.80 Å². The lowest BCUT2D eigenvalue weighted by Crippen LogP contribution is -2.45. The molecule has 19 heavy (non-hydrogen) atoms. The predicted octanol–water partition coefficient (Wildman–Crippen LogP) is 1.07. The smallest absolute Gasteiger partial charge is 0.231 e. The van der Waals surface area contributed by atoms with E-state index >= 15 is 0 Å². The molecule has 5 heteroatoms. The number of benzene rings is 1. The summed E-state index contributed by atoms with van der Waals surface area (Å²) in [5.41, 5.74) is 1.10. The van der Waals surface area contributed by atoms with Gasteiger partial charge in [-0.05, 0) is 19.2 Å². The zero-order valence-corrected chi connectivity index (χ0v) is 11.4. The topological polar surface area (TPSA) is 37.0 Å². The minimum atomic E-state index is 0.333. The van der Waals surface area contributed by atoms with Crippen LogP contribution < -0.4 is 14.8 Å². The van der Waals surface area contributed by atoms with E-state index in [1.54, 1.807) is 0 Å². The van der Waals surface area contributed by atoms with Crippen LogP contribution >= 0.6 is 0 Å². The molecular formula is C14H21N3O2. The highest BCUT2D eigenvalue weighted by molar-refractivity contribution is 5.55. The van der Waals surface area contributed by atoms with Crippen LogP contribution in [0, 0.1) is 0 Å². The number of nitrogens with zero attached hydrogens (tertiary/aromatic N) is 2. The summed E-state index contributed by atoms with van der Waals surface area (Å²) in [5.74, 6) is 1.68. The van der Waals surface area contributed by atoms with Crippen molar-refractivity contribution in [3.63, 3.8) is 0 Å². The van der Waals surface area contributed by atoms with E-state index in [-0.39, 0.29) is 0 Å². The number of fused-ring (bicyclic) bond motifs is 1. The van der Waals surface area contributed by atoms with Gasteiger partial charge in [0.15, 0.2) is 11.5 Å². The van der Waals surface area contributed by atoms with Crippen molar-refractivity contribution >= 4 is 5.69 Å². The van der Waals surface area contributed by atoms with Crippen LogP contribution in [0.5, 0.6) is 11.5 Å². The van der Waals surface area contributed by atoms with Gasteiger partial charge in [0.1, 0.15) is 0 Å². The Labute approximate surface area is 114 Å². The minimum Gasteiger partial charge on any atom is -0.454 e. The molecule has 0 saturated carbocycles. The number of hydrogen-bond acceptors (Lipinski definition) is 5. The van der Waals surface area contributed by atoms with Crippen LogP contribution in [0.25, 0.3) is 0 Å². The Morgan fingerprint density at radius 3 is 2.74 bits per heavy atom. The first kappa shape index (κ1) is 12.6. The number of anilines is 1. The summed E-state index contributed by atoms with van der Waals surface area (Å²) in [6.07, 6.45) is 0. The van der Waals surface area contributed by atoms with Gasteiger partial charge in [0.05, 0.1) is 0 Å². The second-order valence-corrected chi connectivity index (χ2v) is 5.14. The summed E-state index contributed by atoms with van der Waals surface area (Å²) in [6, 6.07) is 6.00. The molecular weight excluding hydrogens is 242 g/mol. The standard InChI is InChI=1S/C14H21N3O2/c1-16-6-8-17(9-7-16)5-4-15-12-2-3-13-14(10-12)19-11-18-13/h2-3,10,15H,4-9,11H2,1H3. The fourth-order valence-electron chi connectivity index (χ4n) is 2.44. The Morgan fingerprint density at radius 1 is 1.11 bits per heavy atom. The third-order valence-electron chi connectivity index (χ3n) is 3.73. The highest BCUT2D eigenvalue weighted by atomic mass is 16.7. The molecule has 0 aromatic heterocycles. The van der Waals surface area contributed by atoms with Gasteiger partial charge in [-0.2, -0.15) is 0 Å². The average molecular weight is 263 g/mol. The van der Waals surface area contributed by atoms with Gasteiger partial charge in [-0.1, -0.05) is 0 Å². The number of nitrogens with one attached hydrogen (secondary N) is 1. The molecule has 0 radical (unpaired) electrons. The van der Waals surface area contributed by atoms with E-state index in [0.29, 0.717) is 6.79 Å². The zero-order valence-electron chi connectivity index (χ0n) is 11.4. The molecule has 5 nitrogen and oxygen atoms in total. The molecule has 1 N–H and O–H groups in total. The molecule has 2 aliphatic rings. The molecule has 0 amide bonds. The van der Waals surface area contributed by atoms with Gasteiger partial charge in [-0.15, -0.1) is 0 Å². The zero-order chi connectivity index (χ0) is 13.1. The van der Waals surface area contributed by atoms with Crippen LogP contribution in [0.1, 0.15) is 0 Å². The van der Waals surface area contributed by atoms with Gasteiger partial charge in [0, 0.05) is 51.0 Å². The van der Waals surface area contributed by atoms with Crippen LogP contribution in [0.2, 0.25) is 0 Å². The highest BCUT2D eigenvalue weighted by Crippen LogP contribution is 2.34. The van der Waals surface area contributed by atoms with Crippen LogP contribution in [0.3, 0.4) is 0 Å². The maximum Gasteiger partial charge on any atom is 0.231 e. The largest absolute Gasteiger partial charge is 0.454 e. The summed E-state index contributed by atoms with van der Waals surface area (Å²) in [4.78, 5) is 4.88. The third-order valence-corrected chi connectivity index (χ3v) is 3.73. The van der Waals surface area contributed by atoms with Gasteiger partial charge in [-0.3, -0.25) is 4.90 Å². The Morgan fingerprint density at radius 2 is 1.89 bits per heavy atom. The third kappa shape index (κ3) is 3.11. The van der Waals surface area contributed by atoms with E-state index in [1.807, 2.05) is 18.2 Å². The summed E-state index contributed by atoms with van der Waals surface area (Å²) in [5, 5.41) is 3.44. The van der Waals surface area contributed by atoms with E-state index in [0.717, 1.165) is 30.3 Å². The Kier molecular flexibility index (Phi) is 3.75. The SMILES string of the molecule is CN1CCN(CCNc2ccc3c(c2)OCO3)CC1. The average Bonchev–Trinajstić information content (AvgIpc) is 2.88. The van der Waals surface area contributed by atoms with Crippen LogP contribution in [0.4, 0.5) is 5.69 Å². The monoisotopic (exact) mass is 263 g/mol. The number of likely N-dealkylation sites (N-methyl/N-ethyl adjacent to an activating group) is 1. The molecule has 3 rings (SSSR count). The molecule has 104 valence electrons. The van der Waals surface area contributed by atoms with Crippen molar-refractivity contribution in [3.8, 4) is 11.5 Å². The summed E-state index contributed by atoms with van der Waals surface area (Å²) >= 11 is 0. The molecule has 1 fully saturated rings. The highest BCUT2D eigenvalue weighted by Gasteiger charge is 2.14. The van der Waals surface area contributed by atoms with Crippen molar-refractivity contribution in [2.75, 3.05) is 58.4 Å². The first-order chi connectivity index (χ1) is 9.31. The molecule has 2 aliphatic heterocycles. The van der Waals surface area contributed by atoms with Gasteiger partial charge in [-0.25, -0.2) is 0 Å². The molecule has 1 aromatic carbocycles. The van der Waals surface area contributed by atoms with Gasteiger partial charge < -0.3 is 19.7 Å². The summed E-state index contributed by atoms with van der Waals surface area (Å²) in [7, 11) is 2.18. The van der Waals surface area contributed by atoms with Crippen LogP contribution in [-0.2, 0) is 0 Å². The molecule has 0 atom stereocenters. The van der Waals surface area contributed by atoms with Gasteiger partial charge in [0.25, 0.3) is 0 Å². The quantitative estimate of drug-likeness (QED) is 0.879. The lowest BCUT2D eigenvalue weighted by atomic mass is 10.2. The molecule has 0 bridgehead atoms. The molecule has 0 aliphatic carbocycles. The van der Waals surface area contributed by atoms with Crippen molar-refractivity contribution in [2.24, 2.45) is 0 Å². The maximum atomic E-state index is 5.37. The molecule has 0 unspecified atom stereocenters. The fourth-order valence-corrected chi connectivity index (χ4v) is 2.44. The normalized spacial score (nSPS) is 19.6. The fraction of sp³-hybridized carbons (Fsp3) is 0.571. The van der Waals surface area contributed by atoms with Crippen molar-refractivity contribution in [1.29, 1.82) is 0 Å². The van der Waals surface area contributed by atoms with Crippen LogP contribution in [0.15, 0.2) is 18.2 Å². The van der Waals surface area contributed by atoms with Gasteiger partial charge >= 0.3 is 0 Å². The predicted molar refractivity (Wildman–Crippen MR) is 75.0 cm³/mol. The van der Waals surface area contributed by atoms with E-state index < -0.39 is 0 Å². The van der Waals surface area contributed by atoms with Gasteiger partial charge in [0.2, 0.25) is 6.79 Å². The number of ether oxygens (including phenoxy) is 2.